The third-order valence-electron chi connectivity index (χ3n) is 6.36. The molecule has 0 radical (unpaired) electrons. The second-order valence-electron chi connectivity index (χ2n) is 7.44. The third-order valence-corrected chi connectivity index (χ3v) is 6.36. The molecule has 0 saturated heterocycles. The predicted octanol–water partition coefficient (Wildman–Crippen LogP) is 3.42. The highest BCUT2D eigenvalue weighted by molar-refractivity contribution is 5.80. The van der Waals surface area contributed by atoms with E-state index in [4.69, 9.17) is 0 Å². The summed E-state index contributed by atoms with van der Waals surface area (Å²) in [6.07, 6.45) is 5.55. The monoisotopic (exact) mass is 332 g/mol. The smallest absolute Gasteiger partial charge is 0.126 e. The van der Waals surface area contributed by atoms with E-state index in [0.29, 0.717) is 0 Å². The molecule has 120 valence electrons. The van der Waals surface area contributed by atoms with Crippen LogP contribution >= 0.6 is 0 Å². The van der Waals surface area contributed by atoms with Gasteiger partial charge in [-0.2, -0.15) is 0 Å². The van der Waals surface area contributed by atoms with Crippen molar-refractivity contribution in [3.63, 3.8) is 0 Å². The number of fused-ring (bicyclic) bond motifs is 7. The van der Waals surface area contributed by atoms with Crippen LogP contribution in [0.15, 0.2) is 85.2 Å². The molecule has 0 fully saturated rings. The molecule has 2 heteroatoms. The number of hydrogen-bond donors (Lipinski definition) is 0. The molecular formula is C24H16N2+2. The molecule has 0 N–H and O–H groups in total. The molecule has 7 rings (SSSR count). The van der Waals surface area contributed by atoms with Crippen molar-refractivity contribution in [3.8, 4) is 22.5 Å². The summed E-state index contributed by atoms with van der Waals surface area (Å²) in [5, 5.41) is 0. The summed E-state index contributed by atoms with van der Waals surface area (Å²) in [5.74, 6) is 0. The Morgan fingerprint density at radius 1 is 0.654 bits per heavy atom. The minimum Gasteiger partial charge on any atom is -0.126 e. The van der Waals surface area contributed by atoms with E-state index in [-0.39, 0.29) is 5.66 Å². The summed E-state index contributed by atoms with van der Waals surface area (Å²) in [5.41, 5.74) is 10.8. The van der Waals surface area contributed by atoms with Gasteiger partial charge in [0.1, 0.15) is 11.1 Å². The number of pyridine rings is 2. The van der Waals surface area contributed by atoms with Crippen LogP contribution in [0.2, 0.25) is 0 Å². The first-order chi connectivity index (χ1) is 12.9. The lowest BCUT2D eigenvalue weighted by molar-refractivity contribution is -0.955. The van der Waals surface area contributed by atoms with Crippen molar-refractivity contribution < 1.29 is 9.13 Å². The van der Waals surface area contributed by atoms with Gasteiger partial charge in [0, 0.05) is 30.2 Å². The predicted molar refractivity (Wildman–Crippen MR) is 98.5 cm³/mol. The molecule has 0 saturated carbocycles. The molecule has 1 aliphatic carbocycles. The number of rotatable bonds is 0. The zero-order valence-corrected chi connectivity index (χ0v) is 14.2. The Balaban J connectivity index is 1.77. The Bertz CT molecular complexity index is 1170. The van der Waals surface area contributed by atoms with Crippen LogP contribution in [0, 0.1) is 0 Å². The molecular weight excluding hydrogens is 316 g/mol. The van der Waals surface area contributed by atoms with E-state index < -0.39 is 0 Å². The molecule has 0 amide bonds. The van der Waals surface area contributed by atoms with Crippen molar-refractivity contribution in [2.45, 2.75) is 12.1 Å². The Morgan fingerprint density at radius 3 is 2.46 bits per heavy atom. The van der Waals surface area contributed by atoms with Gasteiger partial charge in [-0.05, 0) is 35.9 Å². The van der Waals surface area contributed by atoms with E-state index in [2.05, 4.69) is 94.3 Å². The largest absolute Gasteiger partial charge is 0.417 e. The van der Waals surface area contributed by atoms with Crippen molar-refractivity contribution in [1.82, 2.24) is 0 Å². The highest BCUT2D eigenvalue weighted by atomic mass is 15.3. The van der Waals surface area contributed by atoms with Crippen LogP contribution in [0.5, 0.6) is 0 Å². The van der Waals surface area contributed by atoms with E-state index >= 15 is 0 Å². The average molecular weight is 332 g/mol. The van der Waals surface area contributed by atoms with E-state index in [9.17, 15) is 0 Å². The van der Waals surface area contributed by atoms with E-state index in [1.807, 2.05) is 0 Å². The second-order valence-corrected chi connectivity index (χ2v) is 7.44. The number of nitrogens with zero attached hydrogens (tertiary/aromatic N) is 2. The number of hydrogen-bond acceptors (Lipinski definition) is 0. The van der Waals surface area contributed by atoms with Crippen LogP contribution in [0.25, 0.3) is 22.5 Å². The second kappa shape index (κ2) is 4.10. The molecule has 4 heterocycles. The first-order valence-corrected chi connectivity index (χ1v) is 9.18. The van der Waals surface area contributed by atoms with Gasteiger partial charge < -0.3 is 0 Å². The van der Waals surface area contributed by atoms with Gasteiger partial charge in [-0.15, -0.1) is 9.13 Å². The topological polar surface area (TPSA) is 7.76 Å². The van der Waals surface area contributed by atoms with Crippen molar-refractivity contribution in [1.29, 1.82) is 0 Å². The van der Waals surface area contributed by atoms with Gasteiger partial charge >= 0.3 is 5.66 Å². The number of benzene rings is 2. The van der Waals surface area contributed by atoms with Gasteiger partial charge in [0.15, 0.2) is 12.4 Å². The maximum Gasteiger partial charge on any atom is 0.417 e. The number of aromatic nitrogens is 2. The molecule has 4 aromatic rings. The van der Waals surface area contributed by atoms with E-state index in [1.165, 1.54) is 44.8 Å². The molecule has 2 aromatic heterocycles. The van der Waals surface area contributed by atoms with E-state index in [1.54, 1.807) is 0 Å². The Morgan fingerprint density at radius 2 is 1.46 bits per heavy atom. The fourth-order valence-electron chi connectivity index (χ4n) is 5.51. The maximum absolute atomic E-state index is 2.51. The normalized spacial score (nSPS) is 19.5. The summed E-state index contributed by atoms with van der Waals surface area (Å²) in [6.45, 7) is 0. The molecule has 1 unspecified atom stereocenters. The fraction of sp³-hybridized carbons (Fsp3) is 0.0833. The van der Waals surface area contributed by atoms with Crippen LogP contribution in [0.3, 0.4) is 0 Å². The lowest BCUT2D eigenvalue weighted by atomic mass is 9.89. The maximum atomic E-state index is 2.51. The lowest BCUT2D eigenvalue weighted by Gasteiger charge is -2.18. The van der Waals surface area contributed by atoms with Crippen molar-refractivity contribution in [2.24, 2.45) is 0 Å². The molecule has 2 nitrogen and oxygen atoms in total. The summed E-state index contributed by atoms with van der Waals surface area (Å²) >= 11 is 0. The standard InChI is InChI=1S/C24H16N2/c1-2-10-19-18(9-1)21-12-3-4-13-25(21)24(19)20-11-5-7-16-15-17-8-6-14-26(24)23(17)22(16)20/h1-14H,15H2/q+2. The van der Waals surface area contributed by atoms with Crippen molar-refractivity contribution in [3.05, 3.63) is 107 Å². The first-order valence-electron chi connectivity index (χ1n) is 9.18. The van der Waals surface area contributed by atoms with Crippen LogP contribution in [-0.2, 0) is 12.1 Å². The highest BCUT2D eigenvalue weighted by Gasteiger charge is 2.67. The fourth-order valence-corrected chi connectivity index (χ4v) is 5.51. The van der Waals surface area contributed by atoms with Crippen molar-refractivity contribution >= 4 is 0 Å². The Hall–Kier alpha value is -3.26. The highest BCUT2D eigenvalue weighted by Crippen LogP contribution is 2.50. The Kier molecular flexibility index (Phi) is 2.05. The van der Waals surface area contributed by atoms with Crippen molar-refractivity contribution in [2.75, 3.05) is 0 Å². The minimum absolute atomic E-state index is 0.315. The first kappa shape index (κ1) is 13.0. The van der Waals surface area contributed by atoms with Crippen LogP contribution in [0.1, 0.15) is 22.3 Å². The van der Waals surface area contributed by atoms with Gasteiger partial charge in [0.2, 0.25) is 11.4 Å². The molecule has 1 atom stereocenters. The minimum atomic E-state index is -0.315. The lowest BCUT2D eigenvalue weighted by Crippen LogP contribution is -2.71. The summed E-state index contributed by atoms with van der Waals surface area (Å²) in [4.78, 5) is 0. The van der Waals surface area contributed by atoms with Gasteiger partial charge in [-0.1, -0.05) is 24.3 Å². The SMILES string of the molecule is c1ccc2c(c1)-c1cccc[n+]1C21c2cccc3c2-c2c(ccc[n+]21)C3. The molecule has 1 spiro atoms. The molecule has 26 heavy (non-hydrogen) atoms. The van der Waals surface area contributed by atoms with Gasteiger partial charge in [0.25, 0.3) is 0 Å². The average Bonchev–Trinajstić information content (AvgIpc) is 3.32. The van der Waals surface area contributed by atoms with Gasteiger partial charge in [-0.25, -0.2) is 0 Å². The quantitative estimate of drug-likeness (QED) is 0.376. The molecule has 3 aliphatic rings. The zero-order valence-electron chi connectivity index (χ0n) is 14.2. The molecule has 0 bridgehead atoms. The van der Waals surface area contributed by atoms with Gasteiger partial charge in [0.05, 0.1) is 11.1 Å². The third kappa shape index (κ3) is 1.18. The zero-order chi connectivity index (χ0) is 16.9. The van der Waals surface area contributed by atoms with E-state index in [0.717, 1.165) is 6.42 Å². The summed E-state index contributed by atoms with van der Waals surface area (Å²) in [6, 6.07) is 26.7. The van der Waals surface area contributed by atoms with Gasteiger partial charge in [-0.3, -0.25) is 0 Å². The van der Waals surface area contributed by atoms with Crippen LogP contribution in [0.4, 0.5) is 0 Å². The summed E-state index contributed by atoms with van der Waals surface area (Å²) in [7, 11) is 0. The summed E-state index contributed by atoms with van der Waals surface area (Å²) < 4.78 is 4.98. The van der Waals surface area contributed by atoms with Crippen LogP contribution < -0.4 is 9.13 Å². The Labute approximate surface area is 151 Å². The molecule has 2 aliphatic heterocycles. The molecule has 2 aromatic carbocycles. The van der Waals surface area contributed by atoms with Crippen LogP contribution in [-0.4, -0.2) is 0 Å².